The Morgan fingerprint density at radius 3 is 2.76 bits per heavy atom. The van der Waals surface area contributed by atoms with E-state index < -0.39 is 5.82 Å². The highest BCUT2D eigenvalue weighted by Crippen LogP contribution is 2.27. The minimum absolute atomic E-state index is 0.0272. The van der Waals surface area contributed by atoms with E-state index in [-0.39, 0.29) is 17.7 Å². The fourth-order valence-electron chi connectivity index (χ4n) is 2.01. The molecule has 5 heteroatoms. The van der Waals surface area contributed by atoms with Crippen LogP contribution in [0.5, 0.6) is 5.75 Å². The van der Waals surface area contributed by atoms with Gasteiger partial charge < -0.3 is 10.5 Å². The number of hydrogen-bond donors (Lipinski definition) is 1. The second kappa shape index (κ2) is 7.25. The number of nitrogens with two attached hydrogens (primary N) is 1. The summed E-state index contributed by atoms with van der Waals surface area (Å²) in [6.45, 7) is 2.15. The molecule has 0 amide bonds. The van der Waals surface area contributed by atoms with Crippen LogP contribution in [0.1, 0.15) is 18.1 Å². The zero-order chi connectivity index (χ0) is 15.4. The quantitative estimate of drug-likeness (QED) is 0.825. The van der Waals surface area contributed by atoms with Gasteiger partial charge in [-0.05, 0) is 43.2 Å². The molecule has 0 spiro atoms. The second-order valence-electron chi connectivity index (χ2n) is 4.94. The molecule has 0 saturated carbocycles. The van der Waals surface area contributed by atoms with Crippen LogP contribution in [0.25, 0.3) is 0 Å². The molecule has 2 N–H and O–H groups in total. The standard InChI is InChI=1S/C16H16BrClFNO/c1-10(20)7-12-8-13(17)5-6-15(12)21-9-11-3-2-4-14(19)16(11)18/h2-6,8,10H,7,9,20H2,1H3. The maximum absolute atomic E-state index is 13.4. The van der Waals surface area contributed by atoms with E-state index in [0.717, 1.165) is 15.8 Å². The van der Waals surface area contributed by atoms with E-state index in [1.807, 2.05) is 25.1 Å². The molecule has 0 radical (unpaired) electrons. The highest BCUT2D eigenvalue weighted by Gasteiger charge is 2.10. The van der Waals surface area contributed by atoms with E-state index in [9.17, 15) is 4.39 Å². The molecule has 0 aliphatic rings. The molecule has 2 rings (SSSR count). The predicted octanol–water partition coefficient (Wildman–Crippen LogP) is 4.71. The van der Waals surface area contributed by atoms with Crippen LogP contribution >= 0.6 is 27.5 Å². The van der Waals surface area contributed by atoms with Crippen LogP contribution < -0.4 is 10.5 Å². The lowest BCUT2D eigenvalue weighted by atomic mass is 10.1. The van der Waals surface area contributed by atoms with Crippen molar-refractivity contribution in [3.8, 4) is 5.75 Å². The van der Waals surface area contributed by atoms with E-state index in [4.69, 9.17) is 22.1 Å². The molecule has 21 heavy (non-hydrogen) atoms. The van der Waals surface area contributed by atoms with Crippen molar-refractivity contribution in [2.45, 2.75) is 26.0 Å². The second-order valence-corrected chi connectivity index (χ2v) is 6.23. The van der Waals surface area contributed by atoms with Crippen LogP contribution in [-0.2, 0) is 13.0 Å². The van der Waals surface area contributed by atoms with Gasteiger partial charge in [-0.15, -0.1) is 0 Å². The summed E-state index contributed by atoms with van der Waals surface area (Å²) in [5.41, 5.74) is 7.48. The molecule has 0 aliphatic carbocycles. The predicted molar refractivity (Wildman–Crippen MR) is 87.2 cm³/mol. The number of halogens is 3. The van der Waals surface area contributed by atoms with Gasteiger partial charge >= 0.3 is 0 Å². The molecule has 2 aromatic carbocycles. The normalized spacial score (nSPS) is 12.2. The fraction of sp³-hybridized carbons (Fsp3) is 0.250. The van der Waals surface area contributed by atoms with Crippen molar-refractivity contribution in [1.82, 2.24) is 0 Å². The lowest BCUT2D eigenvalue weighted by Crippen LogP contribution is -2.18. The van der Waals surface area contributed by atoms with Crippen LogP contribution in [0.15, 0.2) is 40.9 Å². The van der Waals surface area contributed by atoms with Crippen molar-refractivity contribution < 1.29 is 9.13 Å². The molecule has 0 fully saturated rings. The summed E-state index contributed by atoms with van der Waals surface area (Å²) < 4.78 is 20.2. The lowest BCUT2D eigenvalue weighted by Gasteiger charge is -2.14. The van der Waals surface area contributed by atoms with E-state index in [0.29, 0.717) is 12.0 Å². The molecule has 2 aromatic rings. The van der Waals surface area contributed by atoms with Gasteiger partial charge in [-0.2, -0.15) is 0 Å². The van der Waals surface area contributed by atoms with Crippen LogP contribution in [0.2, 0.25) is 5.02 Å². The first-order chi connectivity index (χ1) is 9.97. The first-order valence-corrected chi connectivity index (χ1v) is 7.74. The summed E-state index contributed by atoms with van der Waals surface area (Å²) in [5, 5.41) is 0.100. The van der Waals surface area contributed by atoms with Crippen molar-refractivity contribution in [3.63, 3.8) is 0 Å². The first kappa shape index (κ1) is 16.3. The number of ether oxygens (including phenoxy) is 1. The summed E-state index contributed by atoms with van der Waals surface area (Å²) >= 11 is 9.36. The van der Waals surface area contributed by atoms with E-state index in [1.165, 1.54) is 6.07 Å². The summed E-state index contributed by atoms with van der Waals surface area (Å²) in [7, 11) is 0. The van der Waals surface area contributed by atoms with Gasteiger partial charge in [0.2, 0.25) is 0 Å². The average Bonchev–Trinajstić information content (AvgIpc) is 2.41. The van der Waals surface area contributed by atoms with Crippen LogP contribution in [0.4, 0.5) is 4.39 Å². The molecule has 112 valence electrons. The van der Waals surface area contributed by atoms with Crippen molar-refractivity contribution >= 4 is 27.5 Å². The topological polar surface area (TPSA) is 35.2 Å². The molecule has 0 bridgehead atoms. The SMILES string of the molecule is CC(N)Cc1cc(Br)ccc1OCc1cccc(F)c1Cl. The molecular weight excluding hydrogens is 357 g/mol. The number of hydrogen-bond acceptors (Lipinski definition) is 2. The Hall–Kier alpha value is -1.10. The minimum Gasteiger partial charge on any atom is -0.489 e. The Morgan fingerprint density at radius 1 is 1.29 bits per heavy atom. The summed E-state index contributed by atoms with van der Waals surface area (Å²) in [6, 6.07) is 10.5. The van der Waals surface area contributed by atoms with Crippen LogP contribution in [0.3, 0.4) is 0 Å². The Labute approximate surface area is 137 Å². The Balaban J connectivity index is 2.18. The van der Waals surface area contributed by atoms with Crippen LogP contribution in [-0.4, -0.2) is 6.04 Å². The van der Waals surface area contributed by atoms with Gasteiger partial charge in [-0.1, -0.05) is 39.7 Å². The monoisotopic (exact) mass is 371 g/mol. The van der Waals surface area contributed by atoms with Gasteiger partial charge in [0.15, 0.2) is 0 Å². The third kappa shape index (κ3) is 4.43. The fourth-order valence-corrected chi connectivity index (χ4v) is 2.60. The van der Waals surface area contributed by atoms with Crippen molar-refractivity contribution in [2.75, 3.05) is 0 Å². The Kier molecular flexibility index (Phi) is 5.62. The third-order valence-electron chi connectivity index (χ3n) is 2.98. The van der Waals surface area contributed by atoms with Crippen molar-refractivity contribution in [3.05, 3.63) is 62.8 Å². The maximum atomic E-state index is 13.4. The van der Waals surface area contributed by atoms with Gasteiger partial charge in [0.05, 0.1) is 5.02 Å². The highest BCUT2D eigenvalue weighted by molar-refractivity contribution is 9.10. The summed E-state index contributed by atoms with van der Waals surface area (Å²) in [4.78, 5) is 0. The largest absolute Gasteiger partial charge is 0.489 e. The Bertz CT molecular complexity index is 634. The van der Waals surface area contributed by atoms with Gasteiger partial charge in [0, 0.05) is 16.1 Å². The van der Waals surface area contributed by atoms with Gasteiger partial charge in [-0.25, -0.2) is 4.39 Å². The molecule has 1 atom stereocenters. The molecule has 0 aromatic heterocycles. The highest BCUT2D eigenvalue weighted by atomic mass is 79.9. The average molecular weight is 373 g/mol. The number of rotatable bonds is 5. The van der Waals surface area contributed by atoms with Crippen molar-refractivity contribution in [2.24, 2.45) is 5.73 Å². The van der Waals surface area contributed by atoms with Crippen molar-refractivity contribution in [1.29, 1.82) is 0 Å². The Morgan fingerprint density at radius 2 is 2.05 bits per heavy atom. The molecule has 0 heterocycles. The molecule has 0 saturated heterocycles. The summed E-state index contributed by atoms with van der Waals surface area (Å²) in [6.07, 6.45) is 0.700. The molecule has 1 unspecified atom stereocenters. The molecular formula is C16H16BrClFNO. The zero-order valence-electron chi connectivity index (χ0n) is 11.6. The van der Waals surface area contributed by atoms with E-state index >= 15 is 0 Å². The molecule has 2 nitrogen and oxygen atoms in total. The first-order valence-electron chi connectivity index (χ1n) is 6.57. The van der Waals surface area contributed by atoms with Gasteiger partial charge in [-0.3, -0.25) is 0 Å². The minimum atomic E-state index is -0.440. The maximum Gasteiger partial charge on any atom is 0.142 e. The van der Waals surface area contributed by atoms with Gasteiger partial charge in [0.25, 0.3) is 0 Å². The number of benzene rings is 2. The van der Waals surface area contributed by atoms with E-state index in [2.05, 4.69) is 15.9 Å². The molecule has 0 aliphatic heterocycles. The van der Waals surface area contributed by atoms with Crippen LogP contribution in [0, 0.1) is 5.82 Å². The van der Waals surface area contributed by atoms with Gasteiger partial charge in [0.1, 0.15) is 18.2 Å². The van der Waals surface area contributed by atoms with E-state index in [1.54, 1.807) is 12.1 Å². The third-order valence-corrected chi connectivity index (χ3v) is 3.90. The lowest BCUT2D eigenvalue weighted by molar-refractivity contribution is 0.302. The smallest absolute Gasteiger partial charge is 0.142 e. The zero-order valence-corrected chi connectivity index (χ0v) is 13.9. The summed E-state index contributed by atoms with van der Waals surface area (Å²) in [5.74, 6) is 0.292.